The van der Waals surface area contributed by atoms with Crippen LogP contribution in [0.4, 0.5) is 4.79 Å². The molecule has 0 radical (unpaired) electrons. The second kappa shape index (κ2) is 11.8. The summed E-state index contributed by atoms with van der Waals surface area (Å²) in [5.41, 5.74) is 0.964. The van der Waals surface area contributed by atoms with E-state index in [9.17, 15) is 23.1 Å². The highest BCUT2D eigenvalue weighted by Gasteiger charge is 2.44. The Morgan fingerprint density at radius 2 is 1.82 bits per heavy atom. The second-order valence-corrected chi connectivity index (χ2v) is 13.7. The molecule has 2 saturated heterocycles. The maximum absolute atomic E-state index is 14.1. The van der Waals surface area contributed by atoms with Gasteiger partial charge < -0.3 is 19.5 Å². The number of nitrogens with zero attached hydrogens (tertiary/aromatic N) is 2. The number of aliphatic hydroxyl groups excluding tert-OH is 1. The minimum Gasteiger partial charge on any atom is -0.444 e. The zero-order valence-electron chi connectivity index (χ0n) is 22.3. The quantitative estimate of drug-likeness (QED) is 0.497. The molecule has 0 spiro atoms. The van der Waals surface area contributed by atoms with Crippen LogP contribution in [-0.4, -0.2) is 73.1 Å². The molecular formula is C28H35ClN2O7S. The third-order valence-corrected chi connectivity index (χ3v) is 8.39. The van der Waals surface area contributed by atoms with Gasteiger partial charge in [-0.05, 0) is 69.2 Å². The van der Waals surface area contributed by atoms with Crippen LogP contribution in [0.15, 0.2) is 59.5 Å². The molecule has 2 heterocycles. The smallest absolute Gasteiger partial charge is 0.410 e. The van der Waals surface area contributed by atoms with Gasteiger partial charge in [0.25, 0.3) is 9.05 Å². The zero-order chi connectivity index (χ0) is 28.4. The normalized spacial score (nSPS) is 22.6. The molecule has 2 aliphatic heterocycles. The van der Waals surface area contributed by atoms with Gasteiger partial charge in [-0.15, -0.1) is 0 Å². The van der Waals surface area contributed by atoms with Gasteiger partial charge in [-0.25, -0.2) is 13.2 Å². The largest absolute Gasteiger partial charge is 0.444 e. The zero-order valence-corrected chi connectivity index (χ0v) is 23.9. The highest BCUT2D eigenvalue weighted by molar-refractivity contribution is 8.13. The molecular weight excluding hydrogens is 544 g/mol. The third kappa shape index (κ3) is 7.51. The first kappa shape index (κ1) is 29.3. The summed E-state index contributed by atoms with van der Waals surface area (Å²) in [7, 11) is 1.61. The molecule has 212 valence electrons. The standard InChI is InChI=1S/C28H35ClN2O7S/c1-28(2,3)38-26(33)30-13-12-21(17-30)24(16-20-10-7-11-23(15-20)39(29,35)36)25(32)31-22(18-37-27(31)34)14-19-8-5-4-6-9-19/h4-11,15,21-22,24,27,34H,12-14,16-18H2,1-3H3/t21-,22-,24-,27?/m0/s1. The lowest BCUT2D eigenvalue weighted by atomic mass is 9.84. The summed E-state index contributed by atoms with van der Waals surface area (Å²) in [6.45, 7) is 6.29. The predicted octanol–water partition coefficient (Wildman–Crippen LogP) is 3.78. The highest BCUT2D eigenvalue weighted by Crippen LogP contribution is 2.33. The molecule has 2 fully saturated rings. The van der Waals surface area contributed by atoms with E-state index in [1.54, 1.807) is 37.8 Å². The van der Waals surface area contributed by atoms with Crippen LogP contribution in [0.3, 0.4) is 0 Å². The summed E-state index contributed by atoms with van der Waals surface area (Å²) in [4.78, 5) is 29.8. The summed E-state index contributed by atoms with van der Waals surface area (Å²) in [5, 5.41) is 10.7. The molecule has 39 heavy (non-hydrogen) atoms. The van der Waals surface area contributed by atoms with Crippen LogP contribution in [0.25, 0.3) is 0 Å². The van der Waals surface area contributed by atoms with E-state index in [1.165, 1.54) is 17.0 Å². The molecule has 11 heteroatoms. The lowest BCUT2D eigenvalue weighted by Gasteiger charge is -2.32. The molecule has 1 unspecified atom stereocenters. The fourth-order valence-electron chi connectivity index (χ4n) is 5.20. The van der Waals surface area contributed by atoms with Gasteiger partial charge in [0, 0.05) is 29.7 Å². The Kier molecular flexibility index (Phi) is 8.90. The van der Waals surface area contributed by atoms with Gasteiger partial charge in [0.2, 0.25) is 12.3 Å². The monoisotopic (exact) mass is 578 g/mol. The van der Waals surface area contributed by atoms with Crippen molar-refractivity contribution < 1.29 is 32.6 Å². The molecule has 1 N–H and O–H groups in total. The number of hydrogen-bond donors (Lipinski definition) is 1. The molecule has 0 aromatic heterocycles. The number of ether oxygens (including phenoxy) is 2. The number of aliphatic hydroxyl groups is 1. The first-order valence-corrected chi connectivity index (χ1v) is 15.3. The average Bonchev–Trinajstić information content (AvgIpc) is 3.49. The Bertz CT molecular complexity index is 1280. The fraction of sp³-hybridized carbons (Fsp3) is 0.500. The maximum Gasteiger partial charge on any atom is 0.410 e. The van der Waals surface area contributed by atoms with Gasteiger partial charge in [0.15, 0.2) is 0 Å². The van der Waals surface area contributed by atoms with Crippen LogP contribution in [0, 0.1) is 11.8 Å². The molecule has 0 saturated carbocycles. The average molecular weight is 579 g/mol. The van der Waals surface area contributed by atoms with Crippen molar-refractivity contribution in [2.45, 2.75) is 63.0 Å². The molecule has 2 aromatic rings. The van der Waals surface area contributed by atoms with Crippen molar-refractivity contribution in [3.8, 4) is 0 Å². The van der Waals surface area contributed by atoms with Crippen molar-refractivity contribution in [2.24, 2.45) is 11.8 Å². The number of likely N-dealkylation sites (tertiary alicyclic amines) is 1. The van der Waals surface area contributed by atoms with Gasteiger partial charge >= 0.3 is 6.09 Å². The van der Waals surface area contributed by atoms with E-state index in [0.717, 1.165) is 5.56 Å². The number of hydrogen-bond acceptors (Lipinski definition) is 7. The Morgan fingerprint density at radius 1 is 1.13 bits per heavy atom. The van der Waals surface area contributed by atoms with Crippen LogP contribution >= 0.6 is 10.7 Å². The van der Waals surface area contributed by atoms with E-state index in [1.807, 2.05) is 30.3 Å². The molecule has 4 atom stereocenters. The Balaban J connectivity index is 1.61. The van der Waals surface area contributed by atoms with Crippen LogP contribution < -0.4 is 0 Å². The minimum absolute atomic E-state index is 0.0545. The van der Waals surface area contributed by atoms with Crippen molar-refractivity contribution in [1.29, 1.82) is 0 Å². The Morgan fingerprint density at radius 3 is 2.49 bits per heavy atom. The highest BCUT2D eigenvalue weighted by atomic mass is 35.7. The fourth-order valence-corrected chi connectivity index (χ4v) is 6.02. The molecule has 0 bridgehead atoms. The number of amides is 2. The molecule has 4 rings (SSSR count). The number of rotatable bonds is 7. The van der Waals surface area contributed by atoms with Crippen LogP contribution in [0.2, 0.25) is 0 Å². The molecule has 2 aliphatic rings. The number of halogens is 1. The number of carbonyl (C=O) groups is 2. The third-order valence-electron chi connectivity index (χ3n) is 7.04. The first-order valence-electron chi connectivity index (χ1n) is 13.0. The van der Waals surface area contributed by atoms with Crippen molar-refractivity contribution in [3.63, 3.8) is 0 Å². The lowest BCUT2D eigenvalue weighted by molar-refractivity contribution is -0.170. The maximum atomic E-state index is 14.1. The van der Waals surface area contributed by atoms with E-state index in [-0.39, 0.29) is 35.8 Å². The lowest BCUT2D eigenvalue weighted by Crippen LogP contribution is -2.48. The minimum atomic E-state index is -3.96. The number of benzene rings is 2. The van der Waals surface area contributed by atoms with Crippen molar-refractivity contribution >= 4 is 31.7 Å². The van der Waals surface area contributed by atoms with Gasteiger partial charge in [-0.2, -0.15) is 0 Å². The van der Waals surface area contributed by atoms with Crippen molar-refractivity contribution in [1.82, 2.24) is 9.80 Å². The number of carbonyl (C=O) groups excluding carboxylic acids is 2. The Hall–Kier alpha value is -2.66. The van der Waals surface area contributed by atoms with Crippen LogP contribution in [0.1, 0.15) is 38.3 Å². The summed E-state index contributed by atoms with van der Waals surface area (Å²) < 4.78 is 34.9. The topological polar surface area (TPSA) is 113 Å². The first-order chi connectivity index (χ1) is 18.3. The summed E-state index contributed by atoms with van der Waals surface area (Å²) >= 11 is 0. The summed E-state index contributed by atoms with van der Waals surface area (Å²) in [6.07, 6.45) is -0.584. The predicted molar refractivity (Wildman–Crippen MR) is 145 cm³/mol. The van der Waals surface area contributed by atoms with Gasteiger partial charge in [-0.1, -0.05) is 42.5 Å². The molecule has 0 aliphatic carbocycles. The van der Waals surface area contributed by atoms with Gasteiger partial charge in [0.1, 0.15) is 5.60 Å². The van der Waals surface area contributed by atoms with Crippen LogP contribution in [0.5, 0.6) is 0 Å². The molecule has 2 aromatic carbocycles. The van der Waals surface area contributed by atoms with E-state index in [0.29, 0.717) is 31.5 Å². The van der Waals surface area contributed by atoms with E-state index in [2.05, 4.69) is 0 Å². The van der Waals surface area contributed by atoms with Gasteiger partial charge in [-0.3, -0.25) is 9.69 Å². The van der Waals surface area contributed by atoms with Gasteiger partial charge in [0.05, 0.1) is 17.5 Å². The second-order valence-electron chi connectivity index (χ2n) is 11.1. The van der Waals surface area contributed by atoms with Crippen LogP contribution in [-0.2, 0) is 36.2 Å². The summed E-state index contributed by atoms with van der Waals surface area (Å²) in [5.74, 6) is -1.21. The molecule has 2 amide bonds. The van der Waals surface area contributed by atoms with E-state index >= 15 is 0 Å². The molecule has 9 nitrogen and oxygen atoms in total. The van der Waals surface area contributed by atoms with E-state index < -0.39 is 33.1 Å². The van der Waals surface area contributed by atoms with Crippen molar-refractivity contribution in [3.05, 3.63) is 65.7 Å². The SMILES string of the molecule is CC(C)(C)OC(=O)N1CC[C@H]([C@H](Cc2cccc(S(=O)(=O)Cl)c2)C(=O)N2C(O)OC[C@@H]2Cc2ccccc2)C1. The van der Waals surface area contributed by atoms with Crippen molar-refractivity contribution in [2.75, 3.05) is 19.7 Å². The Labute approximate surface area is 234 Å². The summed E-state index contributed by atoms with van der Waals surface area (Å²) in [6, 6.07) is 15.5. The van der Waals surface area contributed by atoms with E-state index in [4.69, 9.17) is 20.2 Å².